The highest BCUT2D eigenvalue weighted by atomic mass is 79.9. The zero-order chi connectivity index (χ0) is 12.6. The van der Waals surface area contributed by atoms with Crippen LogP contribution in [0.25, 0.3) is 0 Å². The largest absolute Gasteiger partial charge is 0.410 e. The molecule has 1 nitrogen and oxygen atoms in total. The van der Waals surface area contributed by atoms with Gasteiger partial charge in [-0.25, -0.2) is 4.39 Å². The lowest BCUT2D eigenvalue weighted by Gasteiger charge is -2.32. The minimum atomic E-state index is -4.46. The second-order valence-corrected chi connectivity index (χ2v) is 4.36. The molecule has 0 spiro atoms. The van der Waals surface area contributed by atoms with Gasteiger partial charge in [-0.15, -0.1) is 0 Å². The van der Waals surface area contributed by atoms with Gasteiger partial charge in [-0.3, -0.25) is 0 Å². The van der Waals surface area contributed by atoms with Crippen molar-refractivity contribution in [3.05, 3.63) is 34.1 Å². The van der Waals surface area contributed by atoms with Crippen LogP contribution in [0, 0.1) is 5.82 Å². The summed E-state index contributed by atoms with van der Waals surface area (Å²) in [6.07, 6.45) is -4.46. The minimum Gasteiger partial charge on any atom is -0.303 e. The maximum Gasteiger partial charge on any atom is 0.410 e. The van der Waals surface area contributed by atoms with E-state index in [0.717, 1.165) is 25.1 Å². The number of halogens is 5. The van der Waals surface area contributed by atoms with Gasteiger partial charge in [0.25, 0.3) is 0 Å². The van der Waals surface area contributed by atoms with E-state index in [2.05, 4.69) is 21.2 Å². The Balaban J connectivity index is 3.29. The average molecular weight is 300 g/mol. The maximum atomic E-state index is 12.9. The zero-order valence-electron chi connectivity index (χ0n) is 8.62. The van der Waals surface area contributed by atoms with E-state index in [1.54, 1.807) is 0 Å². The molecule has 0 aliphatic heterocycles. The number of benzene rings is 1. The van der Waals surface area contributed by atoms with Gasteiger partial charge in [0.05, 0.1) is 4.47 Å². The molecule has 0 saturated heterocycles. The summed E-state index contributed by atoms with van der Waals surface area (Å²) in [4.78, 5) is 0. The molecule has 0 bridgehead atoms. The van der Waals surface area contributed by atoms with Crippen molar-refractivity contribution in [2.24, 2.45) is 0 Å². The molecule has 0 amide bonds. The van der Waals surface area contributed by atoms with Gasteiger partial charge in [0.1, 0.15) is 11.4 Å². The molecule has 0 fully saturated rings. The molecule has 0 saturated carbocycles. The summed E-state index contributed by atoms with van der Waals surface area (Å²) in [5.41, 5.74) is -2.24. The topological polar surface area (TPSA) is 12.0 Å². The average Bonchev–Trinajstić information content (AvgIpc) is 2.19. The van der Waals surface area contributed by atoms with Crippen molar-refractivity contribution < 1.29 is 17.6 Å². The Morgan fingerprint density at radius 1 is 1.25 bits per heavy atom. The number of nitrogens with one attached hydrogen (secondary N) is 1. The third kappa shape index (κ3) is 2.22. The Labute approximate surface area is 99.0 Å². The molecule has 1 N–H and O–H groups in total. The Bertz CT molecular complexity index is 391. The van der Waals surface area contributed by atoms with E-state index in [4.69, 9.17) is 0 Å². The molecular formula is C10H10BrF4N. The predicted molar refractivity (Wildman–Crippen MR) is 56.6 cm³/mol. The van der Waals surface area contributed by atoms with Crippen LogP contribution < -0.4 is 5.32 Å². The summed E-state index contributed by atoms with van der Waals surface area (Å²) in [6.45, 7) is 1.01. The number of hydrogen-bond donors (Lipinski definition) is 1. The third-order valence-corrected chi connectivity index (χ3v) is 3.17. The van der Waals surface area contributed by atoms with Crippen LogP contribution in [0.5, 0.6) is 0 Å². The van der Waals surface area contributed by atoms with Gasteiger partial charge in [-0.2, -0.15) is 13.2 Å². The van der Waals surface area contributed by atoms with Crippen molar-refractivity contribution in [2.45, 2.75) is 18.6 Å². The van der Waals surface area contributed by atoms with Crippen LogP contribution in [0.15, 0.2) is 22.7 Å². The summed E-state index contributed by atoms with van der Waals surface area (Å²) in [5, 5.41) is 2.21. The first-order valence-electron chi connectivity index (χ1n) is 4.43. The normalized spacial score (nSPS) is 15.9. The molecule has 0 aromatic heterocycles. The Hall–Kier alpha value is -0.620. The van der Waals surface area contributed by atoms with Crippen LogP contribution in [0.3, 0.4) is 0 Å². The van der Waals surface area contributed by atoms with Crippen LogP contribution in [-0.4, -0.2) is 13.2 Å². The Morgan fingerprint density at radius 2 is 1.81 bits per heavy atom. The molecule has 16 heavy (non-hydrogen) atoms. The highest BCUT2D eigenvalue weighted by Gasteiger charge is 2.51. The van der Waals surface area contributed by atoms with Crippen LogP contribution in [0.1, 0.15) is 12.5 Å². The Kier molecular flexibility index (Phi) is 3.64. The van der Waals surface area contributed by atoms with E-state index < -0.39 is 17.5 Å². The van der Waals surface area contributed by atoms with Gasteiger partial charge in [0.15, 0.2) is 0 Å². The van der Waals surface area contributed by atoms with Crippen molar-refractivity contribution in [3.63, 3.8) is 0 Å². The number of rotatable bonds is 2. The highest BCUT2D eigenvalue weighted by Crippen LogP contribution is 2.39. The molecule has 0 heterocycles. The van der Waals surface area contributed by atoms with Gasteiger partial charge < -0.3 is 5.32 Å². The molecule has 0 aliphatic rings. The summed E-state index contributed by atoms with van der Waals surface area (Å²) < 4.78 is 51.5. The standard InChI is InChI=1S/C10H10BrF4N/c1-9(16-2,10(13,14)15)6-3-4-8(12)7(11)5-6/h3-5,16H,1-2H3. The fraction of sp³-hybridized carbons (Fsp3) is 0.400. The van der Waals surface area contributed by atoms with Gasteiger partial charge >= 0.3 is 6.18 Å². The summed E-state index contributed by atoms with van der Waals surface area (Å²) in [7, 11) is 1.21. The second-order valence-electron chi connectivity index (χ2n) is 3.50. The van der Waals surface area contributed by atoms with Gasteiger partial charge in [0.2, 0.25) is 0 Å². The first-order valence-corrected chi connectivity index (χ1v) is 5.23. The molecule has 1 rings (SSSR count). The SMILES string of the molecule is CNC(C)(c1ccc(F)c(Br)c1)C(F)(F)F. The fourth-order valence-electron chi connectivity index (χ4n) is 1.26. The molecule has 90 valence electrons. The first-order chi connectivity index (χ1) is 7.22. The molecular weight excluding hydrogens is 290 g/mol. The molecule has 0 aliphatic carbocycles. The summed E-state index contributed by atoms with van der Waals surface area (Å²) >= 11 is 2.86. The third-order valence-electron chi connectivity index (χ3n) is 2.56. The monoisotopic (exact) mass is 299 g/mol. The van der Waals surface area contributed by atoms with Crippen molar-refractivity contribution in [1.82, 2.24) is 5.32 Å². The number of alkyl halides is 3. The second kappa shape index (κ2) is 4.33. The lowest BCUT2D eigenvalue weighted by Crippen LogP contribution is -2.49. The molecule has 6 heteroatoms. The maximum absolute atomic E-state index is 12.9. The molecule has 0 radical (unpaired) electrons. The highest BCUT2D eigenvalue weighted by molar-refractivity contribution is 9.10. The van der Waals surface area contributed by atoms with Gasteiger partial charge in [-0.1, -0.05) is 6.07 Å². The van der Waals surface area contributed by atoms with Crippen LogP contribution in [0.4, 0.5) is 17.6 Å². The van der Waals surface area contributed by atoms with Gasteiger partial charge in [-0.05, 0) is 47.6 Å². The minimum absolute atomic E-state index is 0.00993. The lowest BCUT2D eigenvalue weighted by molar-refractivity contribution is -0.193. The molecule has 1 atom stereocenters. The van der Waals surface area contributed by atoms with Crippen molar-refractivity contribution in [2.75, 3.05) is 7.05 Å². The van der Waals surface area contributed by atoms with E-state index >= 15 is 0 Å². The predicted octanol–water partition coefficient (Wildman–Crippen LogP) is 3.59. The van der Waals surface area contributed by atoms with E-state index in [-0.39, 0.29) is 10.0 Å². The smallest absolute Gasteiger partial charge is 0.303 e. The van der Waals surface area contributed by atoms with Crippen molar-refractivity contribution >= 4 is 15.9 Å². The van der Waals surface area contributed by atoms with E-state index in [1.165, 1.54) is 7.05 Å². The van der Waals surface area contributed by atoms with E-state index in [9.17, 15) is 17.6 Å². The fourth-order valence-corrected chi connectivity index (χ4v) is 1.64. The number of hydrogen-bond acceptors (Lipinski definition) is 1. The first kappa shape index (κ1) is 13.4. The van der Waals surface area contributed by atoms with E-state index in [1.807, 2.05) is 0 Å². The Morgan fingerprint density at radius 3 is 2.19 bits per heavy atom. The van der Waals surface area contributed by atoms with Crippen LogP contribution in [0.2, 0.25) is 0 Å². The van der Waals surface area contributed by atoms with Gasteiger partial charge in [0, 0.05) is 0 Å². The van der Waals surface area contributed by atoms with Crippen molar-refractivity contribution in [1.29, 1.82) is 0 Å². The molecule has 1 aromatic carbocycles. The van der Waals surface area contributed by atoms with Crippen molar-refractivity contribution in [3.8, 4) is 0 Å². The van der Waals surface area contributed by atoms with Crippen LogP contribution in [-0.2, 0) is 5.54 Å². The van der Waals surface area contributed by atoms with E-state index in [0.29, 0.717) is 0 Å². The zero-order valence-corrected chi connectivity index (χ0v) is 10.2. The summed E-state index contributed by atoms with van der Waals surface area (Å²) in [6, 6.07) is 3.24. The molecule has 1 aromatic rings. The molecule has 1 unspecified atom stereocenters. The lowest BCUT2D eigenvalue weighted by atomic mass is 9.91. The summed E-state index contributed by atoms with van der Waals surface area (Å²) in [5.74, 6) is -0.593. The quantitative estimate of drug-likeness (QED) is 0.823. The van der Waals surface area contributed by atoms with Crippen LogP contribution >= 0.6 is 15.9 Å².